The Morgan fingerprint density at radius 1 is 1.23 bits per heavy atom. The minimum Gasteiger partial charge on any atom is -0.479 e. The van der Waals surface area contributed by atoms with Crippen molar-refractivity contribution in [1.82, 2.24) is 34.2 Å². The van der Waals surface area contributed by atoms with E-state index in [0.717, 1.165) is 17.4 Å². The Kier molecular flexibility index (Phi) is 4.74. The zero-order valence-electron chi connectivity index (χ0n) is 28.9. The predicted molar refractivity (Wildman–Crippen MR) is 153 cm³/mol. The van der Waals surface area contributed by atoms with Crippen LogP contribution in [-0.4, -0.2) is 67.2 Å². The standard InChI is InChI=1S/C28H32FN9O5/c1-36-20-12-31-22(10-19(20)37(27(36)41)18-9-14(8-17(18)29)32-26(40)43-3)33-21-7-6-15-23(34-21)38(35-24(15)42-2)28(25(30)39)11-16(28)13-4-5-13/h6-7,10,12-14,16-18H,4-5,8-9,11H2,1-3H3,(H2,30,39)(H,32,40)(H,31,33,34)/t14?,16-,17?,18?,28+/m1/s1/i1D3,3D3. The highest BCUT2D eigenvalue weighted by atomic mass is 19.1. The number of nitrogens with zero attached hydrogens (tertiary/aromatic N) is 6. The molecule has 3 saturated carbocycles. The SMILES string of the molecule is [2H]C([2H])([2H])OC(=O)NC1CC(F)C(n2c(=O)n(C([2H])([2H])[2H])c3cnc(Nc4ccc5c(OC)nn([C@@]6(C(N)=O)C[C@@H]6C6CC6)c5n4)cc32)C1. The van der Waals surface area contributed by atoms with Gasteiger partial charge in [0.05, 0.1) is 46.9 Å². The van der Waals surface area contributed by atoms with Crippen LogP contribution in [0.15, 0.2) is 29.2 Å². The van der Waals surface area contributed by atoms with Crippen molar-refractivity contribution in [1.29, 1.82) is 0 Å². The summed E-state index contributed by atoms with van der Waals surface area (Å²) < 4.78 is 73.6. The lowest BCUT2D eigenvalue weighted by atomic mass is 10.1. The number of anilines is 2. The molecular formula is C28H32FN9O5. The van der Waals surface area contributed by atoms with Gasteiger partial charge in [-0.05, 0) is 49.7 Å². The maximum atomic E-state index is 15.5. The summed E-state index contributed by atoms with van der Waals surface area (Å²) in [6, 6.07) is 2.58. The fraction of sp³-hybridized carbons (Fsp3) is 0.500. The number of methoxy groups -OCH3 is 2. The molecule has 4 aromatic rings. The molecule has 4 aromatic heterocycles. The van der Waals surface area contributed by atoms with Gasteiger partial charge in [-0.1, -0.05) is 0 Å². The summed E-state index contributed by atoms with van der Waals surface area (Å²) >= 11 is 0. The summed E-state index contributed by atoms with van der Waals surface area (Å²) in [7, 11) is -1.55. The van der Waals surface area contributed by atoms with Crippen LogP contribution in [0.5, 0.6) is 5.88 Å². The largest absolute Gasteiger partial charge is 0.479 e. The quantitative estimate of drug-likeness (QED) is 0.274. The second kappa shape index (κ2) is 9.67. The number of carbonyl (C=O) groups excluding carboxylic acids is 2. The first-order valence-corrected chi connectivity index (χ1v) is 13.8. The topological polar surface area (TPSA) is 173 Å². The number of hydrogen-bond donors (Lipinski definition) is 3. The number of pyridine rings is 2. The molecule has 5 atom stereocenters. The molecule has 43 heavy (non-hydrogen) atoms. The van der Waals surface area contributed by atoms with Crippen molar-refractivity contribution < 1.29 is 31.7 Å². The van der Waals surface area contributed by atoms with Gasteiger partial charge in [0.1, 0.15) is 23.3 Å². The number of aryl methyl sites for hydroxylation is 1. The van der Waals surface area contributed by atoms with Gasteiger partial charge >= 0.3 is 11.8 Å². The molecule has 0 spiro atoms. The first-order valence-electron chi connectivity index (χ1n) is 16.8. The Hall–Kier alpha value is -4.69. The summed E-state index contributed by atoms with van der Waals surface area (Å²) in [5.74, 6) is 0.568. The highest BCUT2D eigenvalue weighted by molar-refractivity contribution is 5.91. The molecule has 0 aliphatic heterocycles. The second-order valence-electron chi connectivity index (χ2n) is 11.4. The van der Waals surface area contributed by atoms with E-state index in [0.29, 0.717) is 27.9 Å². The number of hydrogen-bond acceptors (Lipinski definition) is 9. The van der Waals surface area contributed by atoms with E-state index in [1.165, 1.54) is 24.1 Å². The van der Waals surface area contributed by atoms with Crippen LogP contribution in [0.4, 0.5) is 20.8 Å². The fourth-order valence-electron chi connectivity index (χ4n) is 6.61. The van der Waals surface area contributed by atoms with Crippen molar-refractivity contribution in [3.05, 3.63) is 34.9 Å². The third-order valence-corrected chi connectivity index (χ3v) is 8.89. The van der Waals surface area contributed by atoms with E-state index in [1.807, 2.05) is 0 Å². The smallest absolute Gasteiger partial charge is 0.407 e. The zero-order valence-corrected chi connectivity index (χ0v) is 22.9. The molecule has 3 aliphatic rings. The van der Waals surface area contributed by atoms with Crippen LogP contribution in [0.2, 0.25) is 0 Å². The van der Waals surface area contributed by atoms with E-state index >= 15 is 4.39 Å². The van der Waals surface area contributed by atoms with Gasteiger partial charge in [-0.25, -0.2) is 28.6 Å². The number of amides is 2. The molecular weight excluding hydrogens is 561 g/mol. The first kappa shape index (κ1) is 21.1. The molecule has 0 radical (unpaired) electrons. The van der Waals surface area contributed by atoms with Gasteiger partial charge in [0.15, 0.2) is 5.65 Å². The number of rotatable bonds is 8. The lowest BCUT2D eigenvalue weighted by Gasteiger charge is -2.16. The average Bonchev–Trinajstić information content (AvgIpc) is 3.88. The Morgan fingerprint density at radius 3 is 2.79 bits per heavy atom. The molecule has 3 aliphatic carbocycles. The summed E-state index contributed by atoms with van der Waals surface area (Å²) in [6.07, 6.45) is 0.307. The number of carbonyl (C=O) groups is 2. The van der Waals surface area contributed by atoms with Crippen molar-refractivity contribution in [2.75, 3.05) is 19.5 Å². The van der Waals surface area contributed by atoms with E-state index in [4.69, 9.17) is 23.7 Å². The number of nitrogens with two attached hydrogens (primary N) is 1. The van der Waals surface area contributed by atoms with Crippen LogP contribution in [0.1, 0.15) is 46.4 Å². The molecule has 0 bridgehead atoms. The lowest BCUT2D eigenvalue weighted by Crippen LogP contribution is -2.37. The number of aromatic nitrogens is 6. The van der Waals surface area contributed by atoms with Crippen molar-refractivity contribution in [3.63, 3.8) is 0 Å². The molecule has 0 saturated heterocycles. The number of imidazole rings is 1. The van der Waals surface area contributed by atoms with Crippen LogP contribution >= 0.6 is 0 Å². The lowest BCUT2D eigenvalue weighted by molar-refractivity contribution is -0.123. The molecule has 7 rings (SSSR count). The molecule has 0 aromatic carbocycles. The predicted octanol–water partition coefficient (Wildman–Crippen LogP) is 2.24. The minimum atomic E-state index is -3.01. The summed E-state index contributed by atoms with van der Waals surface area (Å²) in [5, 5.41) is 10.4. The van der Waals surface area contributed by atoms with Crippen molar-refractivity contribution in [2.24, 2.45) is 24.5 Å². The Balaban J connectivity index is 1.24. The molecule has 14 nitrogen and oxygen atoms in total. The molecule has 3 fully saturated rings. The van der Waals surface area contributed by atoms with Crippen molar-refractivity contribution in [3.8, 4) is 5.88 Å². The van der Waals surface area contributed by atoms with E-state index in [1.54, 1.807) is 12.1 Å². The maximum absolute atomic E-state index is 15.5. The zero-order chi connectivity index (χ0) is 35.2. The van der Waals surface area contributed by atoms with Crippen LogP contribution in [0, 0.1) is 11.8 Å². The highest BCUT2D eigenvalue weighted by Crippen LogP contribution is 2.61. The van der Waals surface area contributed by atoms with Crippen molar-refractivity contribution in [2.45, 2.75) is 55.9 Å². The minimum absolute atomic E-state index is 0.0382. The molecule has 3 unspecified atom stereocenters. The van der Waals surface area contributed by atoms with Gasteiger partial charge in [-0.15, -0.1) is 5.10 Å². The normalized spacial score (nSPS) is 29.2. The molecule has 2 amide bonds. The average molecular weight is 600 g/mol. The monoisotopic (exact) mass is 599 g/mol. The number of nitrogens with one attached hydrogen (secondary N) is 2. The second-order valence-corrected chi connectivity index (χ2v) is 11.4. The van der Waals surface area contributed by atoms with E-state index in [9.17, 15) is 14.4 Å². The summed E-state index contributed by atoms with van der Waals surface area (Å²) in [4.78, 5) is 47.4. The summed E-state index contributed by atoms with van der Waals surface area (Å²) in [5.41, 5.74) is 4.16. The molecule has 226 valence electrons. The van der Waals surface area contributed by atoms with Crippen LogP contribution in [0.3, 0.4) is 0 Å². The van der Waals surface area contributed by atoms with Crippen LogP contribution < -0.4 is 26.8 Å². The molecule has 4 heterocycles. The third-order valence-electron chi connectivity index (χ3n) is 8.89. The van der Waals surface area contributed by atoms with Crippen LogP contribution in [-0.2, 0) is 22.0 Å². The van der Waals surface area contributed by atoms with E-state index < -0.39 is 55.5 Å². The van der Waals surface area contributed by atoms with Gasteiger partial charge in [-0.2, -0.15) is 0 Å². The Bertz CT molecular complexity index is 2060. The highest BCUT2D eigenvalue weighted by Gasteiger charge is 2.67. The number of fused-ring (bicyclic) bond motifs is 2. The van der Waals surface area contributed by atoms with E-state index in [-0.39, 0.29) is 47.3 Å². The Morgan fingerprint density at radius 2 is 2.07 bits per heavy atom. The number of alkyl carbamates (subject to hydrolysis) is 1. The first-order chi connectivity index (χ1) is 23.0. The fourth-order valence-corrected chi connectivity index (χ4v) is 6.61. The number of primary amides is 1. The maximum Gasteiger partial charge on any atom is 0.407 e. The Labute approximate surface area is 252 Å². The number of halogens is 1. The van der Waals surface area contributed by atoms with Crippen LogP contribution in [0.25, 0.3) is 22.1 Å². The molecule has 15 heteroatoms. The van der Waals surface area contributed by atoms with Gasteiger partial charge in [-0.3, -0.25) is 13.9 Å². The van der Waals surface area contributed by atoms with Gasteiger partial charge in [0, 0.05) is 29.6 Å². The van der Waals surface area contributed by atoms with Gasteiger partial charge in [0.25, 0.3) is 0 Å². The van der Waals surface area contributed by atoms with Gasteiger partial charge in [0.2, 0.25) is 11.8 Å². The van der Waals surface area contributed by atoms with E-state index in [2.05, 4.69) is 25.5 Å². The molecule has 4 N–H and O–H groups in total. The third kappa shape index (κ3) is 4.19. The number of alkyl halides is 1. The summed E-state index contributed by atoms with van der Waals surface area (Å²) in [6.45, 7) is -2.94. The number of ether oxygens (including phenoxy) is 2. The van der Waals surface area contributed by atoms with Crippen molar-refractivity contribution >= 4 is 45.7 Å². The van der Waals surface area contributed by atoms with Gasteiger partial charge < -0.3 is 25.8 Å².